The maximum atomic E-state index is 10.9. The molecule has 0 spiro atoms. The number of aliphatic hydroxyl groups excluding tert-OH is 1. The molecule has 0 saturated carbocycles. The van der Waals surface area contributed by atoms with Crippen LogP contribution < -0.4 is 11.1 Å². The molecule has 6 heteroatoms. The minimum Gasteiger partial charge on any atom is -0.394 e. The highest BCUT2D eigenvalue weighted by atomic mass is 16.6. The van der Waals surface area contributed by atoms with Gasteiger partial charge in [0.2, 0.25) is 0 Å². The Kier molecular flexibility index (Phi) is 3.90. The van der Waals surface area contributed by atoms with Gasteiger partial charge in [0.25, 0.3) is 0 Å². The van der Waals surface area contributed by atoms with E-state index >= 15 is 0 Å². The van der Waals surface area contributed by atoms with E-state index in [9.17, 15) is 15.2 Å². The van der Waals surface area contributed by atoms with E-state index in [2.05, 4.69) is 5.32 Å². The van der Waals surface area contributed by atoms with Crippen molar-refractivity contribution in [3.05, 3.63) is 28.3 Å². The molecule has 0 aromatic heterocycles. The largest absolute Gasteiger partial charge is 0.394 e. The predicted molar refractivity (Wildman–Crippen MR) is 66.9 cm³/mol. The smallest absolute Gasteiger partial charge is 0.314 e. The van der Waals surface area contributed by atoms with Crippen molar-refractivity contribution in [1.82, 2.24) is 0 Å². The molecular formula is C11H17N3O3. The van der Waals surface area contributed by atoms with Crippen molar-refractivity contribution in [3.8, 4) is 0 Å². The average Bonchev–Trinajstić information content (AvgIpc) is 2.28. The zero-order valence-electron chi connectivity index (χ0n) is 9.93. The molecule has 0 aliphatic carbocycles. The van der Waals surface area contributed by atoms with Gasteiger partial charge in [0, 0.05) is 0 Å². The number of benzene rings is 1. The summed E-state index contributed by atoms with van der Waals surface area (Å²) in [7, 11) is 0. The minimum atomic E-state index is -0.599. The summed E-state index contributed by atoms with van der Waals surface area (Å²) >= 11 is 0. The number of anilines is 2. The van der Waals surface area contributed by atoms with Gasteiger partial charge in [-0.15, -0.1) is 0 Å². The first-order valence-electron chi connectivity index (χ1n) is 5.35. The first kappa shape index (κ1) is 13.2. The Balaban J connectivity index is 3.15. The van der Waals surface area contributed by atoms with Crippen LogP contribution in [0.15, 0.2) is 18.2 Å². The fraction of sp³-hybridized carbons (Fsp3) is 0.455. The monoisotopic (exact) mass is 239 g/mol. The van der Waals surface area contributed by atoms with Gasteiger partial charge in [-0.25, -0.2) is 0 Å². The Morgan fingerprint density at radius 1 is 1.59 bits per heavy atom. The summed E-state index contributed by atoms with van der Waals surface area (Å²) in [6.07, 6.45) is 0.634. The standard InChI is InChI=1S/C11H17N3O3/c1-3-11(2,7-15)13-9-6-4-5-8(12)10(9)14(16)17/h4-6,13,15H,3,7,12H2,1-2H3. The van der Waals surface area contributed by atoms with E-state index in [-0.39, 0.29) is 18.0 Å². The van der Waals surface area contributed by atoms with Crippen LogP contribution in [0, 0.1) is 10.1 Å². The fourth-order valence-electron chi connectivity index (χ4n) is 1.43. The van der Waals surface area contributed by atoms with Crippen LogP contribution in [0.2, 0.25) is 0 Å². The number of para-hydroxylation sites is 1. The molecule has 0 amide bonds. The molecule has 0 heterocycles. The number of hydrogen-bond donors (Lipinski definition) is 3. The van der Waals surface area contributed by atoms with Gasteiger partial charge >= 0.3 is 5.69 Å². The van der Waals surface area contributed by atoms with Gasteiger partial charge in [-0.05, 0) is 25.5 Å². The maximum Gasteiger partial charge on any atom is 0.314 e. The third kappa shape index (κ3) is 2.85. The van der Waals surface area contributed by atoms with Crippen LogP contribution in [0.25, 0.3) is 0 Å². The maximum absolute atomic E-state index is 10.9. The fourth-order valence-corrected chi connectivity index (χ4v) is 1.43. The molecule has 0 saturated heterocycles. The summed E-state index contributed by atoms with van der Waals surface area (Å²) in [6, 6.07) is 4.70. The highest BCUT2D eigenvalue weighted by Gasteiger charge is 2.26. The molecule has 0 aliphatic rings. The SMILES string of the molecule is CCC(C)(CO)Nc1cccc(N)c1[N+](=O)[O-]. The second-order valence-electron chi connectivity index (χ2n) is 4.20. The lowest BCUT2D eigenvalue weighted by atomic mass is 9.99. The van der Waals surface area contributed by atoms with Crippen molar-refractivity contribution in [2.24, 2.45) is 0 Å². The Hall–Kier alpha value is -1.82. The van der Waals surface area contributed by atoms with E-state index in [0.717, 1.165) is 0 Å². The Bertz CT molecular complexity index is 416. The summed E-state index contributed by atoms with van der Waals surface area (Å²) in [5.41, 5.74) is 5.26. The van der Waals surface area contributed by atoms with Crippen molar-refractivity contribution in [2.75, 3.05) is 17.7 Å². The molecule has 6 nitrogen and oxygen atoms in total. The molecule has 1 unspecified atom stereocenters. The lowest BCUT2D eigenvalue weighted by Gasteiger charge is -2.28. The second-order valence-corrected chi connectivity index (χ2v) is 4.20. The molecule has 1 rings (SSSR count). The first-order valence-corrected chi connectivity index (χ1v) is 5.35. The third-order valence-electron chi connectivity index (χ3n) is 2.82. The molecule has 0 radical (unpaired) electrons. The molecule has 1 aromatic rings. The quantitative estimate of drug-likeness (QED) is 0.413. The summed E-state index contributed by atoms with van der Waals surface area (Å²) in [5.74, 6) is 0. The zero-order valence-corrected chi connectivity index (χ0v) is 9.93. The first-order chi connectivity index (χ1) is 7.93. The summed E-state index contributed by atoms with van der Waals surface area (Å²) in [4.78, 5) is 10.4. The van der Waals surface area contributed by atoms with Gasteiger partial charge in [-0.3, -0.25) is 10.1 Å². The van der Waals surface area contributed by atoms with Gasteiger partial charge < -0.3 is 16.2 Å². The summed E-state index contributed by atoms with van der Waals surface area (Å²) in [5, 5.41) is 23.2. The number of nitro benzene ring substituents is 1. The number of rotatable bonds is 5. The van der Waals surface area contributed by atoms with E-state index in [1.165, 1.54) is 6.07 Å². The van der Waals surface area contributed by atoms with Crippen molar-refractivity contribution in [3.63, 3.8) is 0 Å². The van der Waals surface area contributed by atoms with E-state index in [1.807, 2.05) is 6.92 Å². The van der Waals surface area contributed by atoms with E-state index in [1.54, 1.807) is 19.1 Å². The van der Waals surface area contributed by atoms with Crippen LogP contribution in [0.5, 0.6) is 0 Å². The number of nitrogens with two attached hydrogens (primary N) is 1. The van der Waals surface area contributed by atoms with Crippen molar-refractivity contribution in [2.45, 2.75) is 25.8 Å². The van der Waals surface area contributed by atoms with Crippen molar-refractivity contribution < 1.29 is 10.0 Å². The summed E-state index contributed by atoms with van der Waals surface area (Å²) < 4.78 is 0. The van der Waals surface area contributed by atoms with Gasteiger partial charge in [0.05, 0.1) is 17.1 Å². The molecule has 94 valence electrons. The number of nitrogen functional groups attached to an aromatic ring is 1. The van der Waals surface area contributed by atoms with Gasteiger partial charge in [-0.1, -0.05) is 13.0 Å². The third-order valence-corrected chi connectivity index (χ3v) is 2.82. The number of nitrogens with one attached hydrogen (secondary N) is 1. The predicted octanol–water partition coefficient (Wildman–Crippen LogP) is 1.75. The van der Waals surface area contributed by atoms with Crippen molar-refractivity contribution >= 4 is 17.1 Å². The molecule has 0 aliphatic heterocycles. The number of nitro groups is 1. The molecule has 0 fully saturated rings. The highest BCUT2D eigenvalue weighted by molar-refractivity contribution is 5.74. The van der Waals surface area contributed by atoms with Gasteiger partial charge in [0.1, 0.15) is 11.4 Å². The lowest BCUT2D eigenvalue weighted by Crippen LogP contribution is -2.38. The molecule has 1 aromatic carbocycles. The van der Waals surface area contributed by atoms with Crippen LogP contribution in [-0.2, 0) is 0 Å². The van der Waals surface area contributed by atoms with E-state index in [0.29, 0.717) is 12.1 Å². The molecule has 4 N–H and O–H groups in total. The van der Waals surface area contributed by atoms with Crippen LogP contribution in [-0.4, -0.2) is 22.2 Å². The zero-order chi connectivity index (χ0) is 13.1. The van der Waals surface area contributed by atoms with Crippen LogP contribution in [0.4, 0.5) is 17.1 Å². The Morgan fingerprint density at radius 2 is 2.24 bits per heavy atom. The lowest BCUT2D eigenvalue weighted by molar-refractivity contribution is -0.383. The highest BCUT2D eigenvalue weighted by Crippen LogP contribution is 2.32. The molecule has 0 bridgehead atoms. The number of nitrogens with zero attached hydrogens (tertiary/aromatic N) is 1. The number of hydrogen-bond acceptors (Lipinski definition) is 5. The van der Waals surface area contributed by atoms with E-state index in [4.69, 9.17) is 5.73 Å². The summed E-state index contributed by atoms with van der Waals surface area (Å²) in [6.45, 7) is 3.57. The van der Waals surface area contributed by atoms with Crippen LogP contribution in [0.3, 0.4) is 0 Å². The molecule has 1 atom stereocenters. The minimum absolute atomic E-state index is 0.108. The van der Waals surface area contributed by atoms with Gasteiger partial charge in [0.15, 0.2) is 0 Å². The second kappa shape index (κ2) is 5.01. The number of aliphatic hydroxyl groups is 1. The van der Waals surface area contributed by atoms with Crippen LogP contribution >= 0.6 is 0 Å². The van der Waals surface area contributed by atoms with Crippen LogP contribution in [0.1, 0.15) is 20.3 Å². The topological polar surface area (TPSA) is 101 Å². The van der Waals surface area contributed by atoms with Gasteiger partial charge in [-0.2, -0.15) is 0 Å². The average molecular weight is 239 g/mol. The molecular weight excluding hydrogens is 222 g/mol. The van der Waals surface area contributed by atoms with E-state index < -0.39 is 10.5 Å². The Morgan fingerprint density at radius 3 is 2.71 bits per heavy atom. The normalized spacial score (nSPS) is 14.1. The molecule has 17 heavy (non-hydrogen) atoms. The Labute approximate surface area is 99.6 Å². The van der Waals surface area contributed by atoms with Crippen molar-refractivity contribution in [1.29, 1.82) is 0 Å².